The van der Waals surface area contributed by atoms with Gasteiger partial charge in [0.1, 0.15) is 0 Å². The van der Waals surface area contributed by atoms with E-state index in [4.69, 9.17) is 0 Å². The molecule has 0 amide bonds. The van der Waals surface area contributed by atoms with Crippen molar-refractivity contribution < 1.29 is 15.0 Å². The molecule has 14 heavy (non-hydrogen) atoms. The fraction of sp³-hybridized carbons (Fsp3) is 0.909. The lowest BCUT2D eigenvalue weighted by Crippen LogP contribution is -1.95. The Morgan fingerprint density at radius 2 is 1.43 bits per heavy atom. The molecule has 0 atom stereocenters. The van der Waals surface area contributed by atoms with Crippen LogP contribution in [0.1, 0.15) is 59.8 Å². The predicted octanol–water partition coefficient (Wildman–Crippen LogP) is 2.72. The zero-order valence-corrected chi connectivity index (χ0v) is 10.1. The van der Waals surface area contributed by atoms with E-state index < -0.39 is 0 Å². The smallest absolute Gasteiger partial charge is 0.302 e. The Balaban J connectivity index is -0.000000163. The van der Waals surface area contributed by atoms with Crippen molar-refractivity contribution >= 4 is 5.97 Å². The third kappa shape index (κ3) is 30.1. The van der Waals surface area contributed by atoms with Crippen LogP contribution in [0.25, 0.3) is 0 Å². The molecule has 0 rings (SSSR count). The summed E-state index contributed by atoms with van der Waals surface area (Å²) >= 11 is 0. The first-order valence-corrected chi connectivity index (χ1v) is 5.32. The molecule has 0 saturated carbocycles. The fourth-order valence-electron chi connectivity index (χ4n) is 0.880. The molecule has 0 bridgehead atoms. The van der Waals surface area contributed by atoms with Gasteiger partial charge in [-0.2, -0.15) is 0 Å². The molecule has 0 unspecified atom stereocenters. The molecule has 0 aromatic rings. The summed E-state index contributed by atoms with van der Waals surface area (Å²) in [6.45, 7) is 8.14. The molecule has 3 heteroatoms. The van der Waals surface area contributed by atoms with E-state index in [1.54, 1.807) is 6.92 Å². The van der Waals surface area contributed by atoms with E-state index in [0.29, 0.717) is 6.61 Å². The van der Waals surface area contributed by atoms with Gasteiger partial charge < -0.3 is 10.2 Å². The summed E-state index contributed by atoms with van der Waals surface area (Å²) in [5.74, 6) is -0.211. The number of hydrogen-bond donors (Lipinski definition) is 0. The molecule has 0 aliphatic carbocycles. The minimum absolute atomic E-state index is 0. The molecule has 0 aromatic carbocycles. The lowest BCUT2D eigenvalue weighted by Gasteiger charge is -1.90. The van der Waals surface area contributed by atoms with Gasteiger partial charge in [0.25, 0.3) is 0 Å². The maximum atomic E-state index is 9.82. The van der Waals surface area contributed by atoms with Crippen molar-refractivity contribution in [1.29, 1.82) is 0 Å². The number of carbonyl (C=O) groups excluding carboxylic acids is 1. The van der Waals surface area contributed by atoms with Crippen molar-refractivity contribution in [3.63, 3.8) is 0 Å². The van der Waals surface area contributed by atoms with Crippen LogP contribution in [0.2, 0.25) is 0 Å². The largest absolute Gasteiger partial charge is 0.466 e. The number of ether oxygens (including phenoxy) is 1. The average Bonchev–Trinajstić information content (AvgIpc) is 2.06. The molecule has 0 fully saturated rings. The Hall–Kier alpha value is -0.570. The second kappa shape index (κ2) is 18.3. The quantitative estimate of drug-likeness (QED) is 0.513. The maximum absolute atomic E-state index is 9.82. The van der Waals surface area contributed by atoms with Gasteiger partial charge in [-0.15, -0.1) is 0 Å². The molecule has 0 spiro atoms. The minimum Gasteiger partial charge on any atom is -0.466 e. The van der Waals surface area contributed by atoms with E-state index in [9.17, 15) is 4.79 Å². The van der Waals surface area contributed by atoms with Crippen LogP contribution in [-0.2, 0) is 9.53 Å². The lowest BCUT2D eigenvalue weighted by atomic mass is 10.2. The SMILES string of the molecule is CCCCCCC.CCOC(C)=O.O. The Morgan fingerprint density at radius 1 is 1.00 bits per heavy atom. The summed E-state index contributed by atoms with van der Waals surface area (Å²) in [4.78, 5) is 9.82. The molecule has 0 aliphatic rings. The third-order valence-electron chi connectivity index (χ3n) is 1.55. The minimum atomic E-state index is -0.211. The highest BCUT2D eigenvalue weighted by molar-refractivity contribution is 5.65. The van der Waals surface area contributed by atoms with Gasteiger partial charge in [0.05, 0.1) is 6.61 Å². The summed E-state index contributed by atoms with van der Waals surface area (Å²) in [7, 11) is 0. The van der Waals surface area contributed by atoms with Gasteiger partial charge in [-0.25, -0.2) is 0 Å². The molecule has 0 radical (unpaired) electrons. The Kier molecular flexibility index (Phi) is 24.9. The number of esters is 1. The Morgan fingerprint density at radius 3 is 1.57 bits per heavy atom. The highest BCUT2D eigenvalue weighted by atomic mass is 16.5. The monoisotopic (exact) mass is 206 g/mol. The molecule has 3 nitrogen and oxygen atoms in total. The van der Waals surface area contributed by atoms with Crippen LogP contribution in [0.3, 0.4) is 0 Å². The first kappa shape index (κ1) is 19.1. The molecular formula is C11H26O3. The van der Waals surface area contributed by atoms with Gasteiger partial charge in [-0.05, 0) is 6.92 Å². The van der Waals surface area contributed by atoms with Crippen LogP contribution in [0, 0.1) is 0 Å². The van der Waals surface area contributed by atoms with Crippen LogP contribution >= 0.6 is 0 Å². The van der Waals surface area contributed by atoms with Gasteiger partial charge in [0.2, 0.25) is 0 Å². The number of unbranched alkanes of at least 4 members (excludes halogenated alkanes) is 4. The maximum Gasteiger partial charge on any atom is 0.302 e. The van der Waals surface area contributed by atoms with Crippen LogP contribution < -0.4 is 0 Å². The molecular weight excluding hydrogens is 180 g/mol. The van der Waals surface area contributed by atoms with E-state index >= 15 is 0 Å². The molecule has 2 N–H and O–H groups in total. The van der Waals surface area contributed by atoms with E-state index in [2.05, 4.69) is 18.6 Å². The Labute approximate surface area is 88.2 Å². The summed E-state index contributed by atoms with van der Waals surface area (Å²) in [5.41, 5.74) is 0. The summed E-state index contributed by atoms with van der Waals surface area (Å²) in [6.07, 6.45) is 7.01. The van der Waals surface area contributed by atoms with Crippen molar-refractivity contribution in [3.8, 4) is 0 Å². The average molecular weight is 206 g/mol. The van der Waals surface area contributed by atoms with Gasteiger partial charge in [0.15, 0.2) is 0 Å². The summed E-state index contributed by atoms with van der Waals surface area (Å²) in [5, 5.41) is 0. The molecule has 0 heterocycles. The zero-order chi connectivity index (χ0) is 10.5. The molecule has 0 aromatic heterocycles. The Bertz CT molecular complexity index is 98.7. The van der Waals surface area contributed by atoms with Gasteiger partial charge in [-0.3, -0.25) is 4.79 Å². The normalized spacial score (nSPS) is 8.00. The van der Waals surface area contributed by atoms with Crippen molar-refractivity contribution in [1.82, 2.24) is 0 Å². The van der Waals surface area contributed by atoms with E-state index in [1.165, 1.54) is 39.0 Å². The van der Waals surface area contributed by atoms with E-state index in [0.717, 1.165) is 0 Å². The van der Waals surface area contributed by atoms with Crippen molar-refractivity contribution in [3.05, 3.63) is 0 Å². The summed E-state index contributed by atoms with van der Waals surface area (Å²) < 4.78 is 4.40. The number of rotatable bonds is 5. The van der Waals surface area contributed by atoms with Crippen LogP contribution in [-0.4, -0.2) is 18.1 Å². The molecule has 0 saturated heterocycles. The highest BCUT2D eigenvalue weighted by Crippen LogP contribution is 2.00. The van der Waals surface area contributed by atoms with Crippen molar-refractivity contribution in [2.45, 2.75) is 59.8 Å². The van der Waals surface area contributed by atoms with Gasteiger partial charge in [0, 0.05) is 6.92 Å². The lowest BCUT2D eigenvalue weighted by molar-refractivity contribution is -0.140. The van der Waals surface area contributed by atoms with Gasteiger partial charge >= 0.3 is 5.97 Å². The van der Waals surface area contributed by atoms with Crippen LogP contribution in [0.5, 0.6) is 0 Å². The second-order valence-corrected chi connectivity index (χ2v) is 2.99. The zero-order valence-electron chi connectivity index (χ0n) is 10.1. The van der Waals surface area contributed by atoms with Crippen molar-refractivity contribution in [2.75, 3.05) is 6.61 Å². The van der Waals surface area contributed by atoms with Crippen molar-refractivity contribution in [2.24, 2.45) is 0 Å². The van der Waals surface area contributed by atoms with E-state index in [-0.39, 0.29) is 11.4 Å². The third-order valence-corrected chi connectivity index (χ3v) is 1.55. The first-order valence-electron chi connectivity index (χ1n) is 5.32. The van der Waals surface area contributed by atoms with Crippen LogP contribution in [0.4, 0.5) is 0 Å². The summed E-state index contributed by atoms with van der Waals surface area (Å²) in [6, 6.07) is 0. The highest BCUT2D eigenvalue weighted by Gasteiger charge is 1.81. The number of carbonyl (C=O) groups is 1. The topological polar surface area (TPSA) is 57.8 Å². The first-order chi connectivity index (χ1) is 6.18. The predicted molar refractivity (Wildman–Crippen MR) is 60.4 cm³/mol. The molecule has 0 aliphatic heterocycles. The standard InChI is InChI=1S/C7H16.C4H8O2.H2O/c1-3-5-7-6-4-2;1-3-6-4(2)5;/h3-7H2,1-2H3;3H2,1-2H3;1H2. The van der Waals surface area contributed by atoms with E-state index in [1.807, 2.05) is 0 Å². The number of hydrogen-bond acceptors (Lipinski definition) is 2. The van der Waals surface area contributed by atoms with Crippen LogP contribution in [0.15, 0.2) is 0 Å². The fourth-order valence-corrected chi connectivity index (χ4v) is 0.880. The molecule has 88 valence electrons. The second-order valence-electron chi connectivity index (χ2n) is 2.99. The van der Waals surface area contributed by atoms with Gasteiger partial charge in [-0.1, -0.05) is 46.0 Å².